The van der Waals surface area contributed by atoms with Crippen molar-refractivity contribution in [3.63, 3.8) is 0 Å². The van der Waals surface area contributed by atoms with E-state index in [2.05, 4.69) is 175 Å². The maximum Gasteiger partial charge on any atom is 0.127 e. The first-order valence-electron chi connectivity index (χ1n) is 16.3. The zero-order valence-electron chi connectivity index (χ0n) is 26.4. The first-order chi connectivity index (χ1) is 23.8. The highest BCUT2D eigenvalue weighted by atomic mass is 16.3. The molecule has 7 aromatic carbocycles. The molecule has 0 saturated heterocycles. The third-order valence-corrected chi connectivity index (χ3v) is 8.72. The molecular formula is C46H33NO. The summed E-state index contributed by atoms with van der Waals surface area (Å²) in [5.74, 6) is 1.62. The minimum atomic E-state index is 0.808. The van der Waals surface area contributed by atoms with Crippen LogP contribution in [-0.4, -0.2) is 0 Å². The molecule has 0 aliphatic rings. The molecule has 48 heavy (non-hydrogen) atoms. The Bertz CT molecular complexity index is 2270. The first-order valence-corrected chi connectivity index (χ1v) is 16.3. The average Bonchev–Trinajstić information content (AvgIpc) is 3.62. The van der Waals surface area contributed by atoms with Crippen LogP contribution >= 0.6 is 0 Å². The van der Waals surface area contributed by atoms with Gasteiger partial charge in [-0.2, -0.15) is 0 Å². The summed E-state index contributed by atoms with van der Waals surface area (Å²) < 4.78 is 6.24. The number of rotatable bonds is 8. The number of para-hydroxylation sites is 2. The maximum absolute atomic E-state index is 6.24. The van der Waals surface area contributed by atoms with E-state index in [-0.39, 0.29) is 0 Å². The molecule has 228 valence electrons. The first kappa shape index (κ1) is 29.1. The second-order valence-electron chi connectivity index (χ2n) is 11.8. The number of anilines is 3. The fourth-order valence-corrected chi connectivity index (χ4v) is 6.48. The minimum Gasteiger partial charge on any atom is -0.457 e. The van der Waals surface area contributed by atoms with Crippen LogP contribution in [0.1, 0.15) is 22.6 Å². The Balaban J connectivity index is 1.06. The lowest BCUT2D eigenvalue weighted by Gasteiger charge is -2.25. The average molecular weight is 616 g/mol. The lowest BCUT2D eigenvalue weighted by Crippen LogP contribution is -2.09. The third-order valence-electron chi connectivity index (χ3n) is 8.72. The largest absolute Gasteiger partial charge is 0.457 e. The summed E-state index contributed by atoms with van der Waals surface area (Å²) in [7, 11) is 0. The van der Waals surface area contributed by atoms with Crippen molar-refractivity contribution in [3.05, 3.63) is 199 Å². The molecule has 0 saturated carbocycles. The van der Waals surface area contributed by atoms with E-state index in [1.165, 1.54) is 38.2 Å². The number of benzene rings is 7. The van der Waals surface area contributed by atoms with Crippen molar-refractivity contribution in [1.82, 2.24) is 0 Å². The van der Waals surface area contributed by atoms with Crippen LogP contribution < -0.4 is 4.90 Å². The lowest BCUT2D eigenvalue weighted by atomic mass is 9.88. The highest BCUT2D eigenvalue weighted by molar-refractivity contribution is 6.18. The molecule has 1 aromatic heterocycles. The number of hydrogen-bond acceptors (Lipinski definition) is 2. The van der Waals surface area contributed by atoms with Crippen LogP contribution in [0.4, 0.5) is 17.1 Å². The highest BCUT2D eigenvalue weighted by Crippen LogP contribution is 2.40. The molecule has 0 aliphatic carbocycles. The van der Waals surface area contributed by atoms with Crippen LogP contribution in [0.5, 0.6) is 0 Å². The van der Waals surface area contributed by atoms with Gasteiger partial charge in [0.15, 0.2) is 0 Å². The van der Waals surface area contributed by atoms with E-state index in [4.69, 9.17) is 4.42 Å². The fraction of sp³-hybridized carbons (Fsp3) is 0. The van der Waals surface area contributed by atoms with Gasteiger partial charge in [0, 0.05) is 17.1 Å². The van der Waals surface area contributed by atoms with Crippen LogP contribution in [0.25, 0.3) is 57.0 Å². The Kier molecular flexibility index (Phi) is 7.96. The van der Waals surface area contributed by atoms with Crippen molar-refractivity contribution in [1.29, 1.82) is 0 Å². The summed E-state index contributed by atoms with van der Waals surface area (Å²) in [4.78, 5) is 2.26. The minimum absolute atomic E-state index is 0.808. The van der Waals surface area contributed by atoms with Gasteiger partial charge in [0.05, 0.1) is 0 Å². The summed E-state index contributed by atoms with van der Waals surface area (Å²) >= 11 is 0. The molecule has 0 aliphatic heterocycles. The van der Waals surface area contributed by atoms with Crippen LogP contribution in [-0.2, 0) is 0 Å². The molecule has 0 amide bonds. The van der Waals surface area contributed by atoms with Gasteiger partial charge < -0.3 is 9.32 Å². The van der Waals surface area contributed by atoms with E-state index in [1.807, 2.05) is 30.3 Å². The van der Waals surface area contributed by atoms with E-state index < -0.39 is 0 Å². The fourth-order valence-electron chi connectivity index (χ4n) is 6.48. The lowest BCUT2D eigenvalue weighted by molar-refractivity contribution is 0.547. The van der Waals surface area contributed by atoms with Crippen LogP contribution in [0, 0.1) is 0 Å². The van der Waals surface area contributed by atoms with Gasteiger partial charge in [0.1, 0.15) is 11.5 Å². The topological polar surface area (TPSA) is 16.4 Å². The van der Waals surface area contributed by atoms with Crippen molar-refractivity contribution in [2.45, 2.75) is 0 Å². The van der Waals surface area contributed by atoms with E-state index in [1.54, 1.807) is 0 Å². The number of hydrogen-bond donors (Lipinski definition) is 0. The normalized spacial score (nSPS) is 11.6. The molecule has 0 bridgehead atoms. The van der Waals surface area contributed by atoms with Crippen LogP contribution in [0.15, 0.2) is 180 Å². The van der Waals surface area contributed by atoms with Gasteiger partial charge in [0.25, 0.3) is 0 Å². The summed E-state index contributed by atoms with van der Waals surface area (Å²) in [5, 5.41) is 4.93. The number of furan rings is 1. The number of nitrogens with zero attached hydrogens (tertiary/aromatic N) is 1. The molecule has 0 unspecified atom stereocenters. The molecule has 0 radical (unpaired) electrons. The predicted molar refractivity (Wildman–Crippen MR) is 205 cm³/mol. The van der Waals surface area contributed by atoms with Gasteiger partial charge >= 0.3 is 0 Å². The second-order valence-corrected chi connectivity index (χ2v) is 11.8. The molecule has 0 N–H and O–H groups in total. The van der Waals surface area contributed by atoms with E-state index in [0.29, 0.717) is 0 Å². The zero-order valence-corrected chi connectivity index (χ0v) is 26.4. The van der Waals surface area contributed by atoms with Gasteiger partial charge in [-0.25, -0.2) is 0 Å². The zero-order chi connectivity index (χ0) is 32.1. The summed E-state index contributed by atoms with van der Waals surface area (Å²) in [6.07, 6.45) is 8.38. The molecule has 0 spiro atoms. The Morgan fingerprint density at radius 2 is 0.792 bits per heavy atom. The molecule has 2 heteroatoms. The van der Waals surface area contributed by atoms with Gasteiger partial charge in [-0.05, 0) is 104 Å². The van der Waals surface area contributed by atoms with Gasteiger partial charge in [-0.3, -0.25) is 0 Å². The van der Waals surface area contributed by atoms with E-state index in [0.717, 1.165) is 34.1 Å². The van der Waals surface area contributed by atoms with E-state index in [9.17, 15) is 0 Å². The van der Waals surface area contributed by atoms with Gasteiger partial charge in [-0.15, -0.1) is 0 Å². The predicted octanol–water partition coefficient (Wildman–Crippen LogP) is 13.1. The smallest absolute Gasteiger partial charge is 0.127 e. The third kappa shape index (κ3) is 5.84. The molecule has 8 aromatic rings. The summed E-state index contributed by atoms with van der Waals surface area (Å²) in [5.41, 5.74) is 8.13. The standard InChI is InChI=1S/C46H33NO/c1-4-14-35(15-5-1)46-44-22-12-10-20-41(44)43(42-21-11-13-23-45(42)46)33-32-40-31-30-39(48-40)29-26-34-24-27-38(28-25-34)47(36-16-6-2-7-17-36)37-18-8-3-9-19-37/h1-33H. The monoisotopic (exact) mass is 615 g/mol. The Hall–Kier alpha value is -6.38. The SMILES string of the molecule is C(=Cc1ccc(C=Cc2c3ccccc3c(-c3ccccc3)c3ccccc23)o1)c1ccc(N(c2ccccc2)c2ccccc2)cc1. The highest BCUT2D eigenvalue weighted by Gasteiger charge is 2.14. The van der Waals surface area contributed by atoms with Gasteiger partial charge in [0.2, 0.25) is 0 Å². The second kappa shape index (κ2) is 13.2. The molecule has 0 atom stereocenters. The maximum atomic E-state index is 6.24. The molecular weight excluding hydrogens is 583 g/mol. The Morgan fingerprint density at radius 3 is 1.33 bits per heavy atom. The van der Waals surface area contributed by atoms with Gasteiger partial charge in [-0.1, -0.05) is 140 Å². The Morgan fingerprint density at radius 1 is 0.354 bits per heavy atom. The van der Waals surface area contributed by atoms with Crippen molar-refractivity contribution < 1.29 is 4.42 Å². The molecule has 8 rings (SSSR count). The summed E-state index contributed by atoms with van der Waals surface area (Å²) in [6.45, 7) is 0. The van der Waals surface area contributed by atoms with Crippen LogP contribution in [0.3, 0.4) is 0 Å². The molecule has 1 heterocycles. The van der Waals surface area contributed by atoms with Crippen molar-refractivity contribution in [2.24, 2.45) is 0 Å². The summed E-state index contributed by atoms with van der Waals surface area (Å²) in [6, 6.07) is 61.6. The molecule has 2 nitrogen and oxygen atoms in total. The number of fused-ring (bicyclic) bond motifs is 2. The van der Waals surface area contributed by atoms with Crippen LogP contribution in [0.2, 0.25) is 0 Å². The Labute approximate surface area is 281 Å². The molecule has 0 fully saturated rings. The van der Waals surface area contributed by atoms with Crippen molar-refractivity contribution in [3.8, 4) is 11.1 Å². The quantitative estimate of drug-likeness (QED) is 0.158. The van der Waals surface area contributed by atoms with Crippen molar-refractivity contribution in [2.75, 3.05) is 4.90 Å². The van der Waals surface area contributed by atoms with E-state index >= 15 is 0 Å². The van der Waals surface area contributed by atoms with Crippen molar-refractivity contribution >= 4 is 62.9 Å².